The highest BCUT2D eigenvalue weighted by atomic mass is 32.2. The summed E-state index contributed by atoms with van der Waals surface area (Å²) >= 11 is -1.48. The van der Waals surface area contributed by atoms with Gasteiger partial charge in [-0.1, -0.05) is 4.31 Å². The third kappa shape index (κ3) is 3.86. The van der Waals surface area contributed by atoms with Crippen LogP contribution in [0, 0.1) is 0 Å². The molecule has 1 rings (SSSR count). The van der Waals surface area contributed by atoms with Crippen molar-refractivity contribution in [3.05, 3.63) is 0 Å². The molecule has 0 aliphatic carbocycles. The molecule has 1 fully saturated rings. The van der Waals surface area contributed by atoms with Gasteiger partial charge in [-0.05, 0) is 41.5 Å². The summed E-state index contributed by atoms with van der Waals surface area (Å²) in [5.74, 6) is -1.12. The molecule has 1 heterocycles. The van der Waals surface area contributed by atoms with Gasteiger partial charge in [0, 0.05) is 11.4 Å². The fraction of sp³-hybridized carbons (Fsp3) is 0.846. The zero-order chi connectivity index (χ0) is 15.9. The Bertz CT molecular complexity index is 399. The van der Waals surface area contributed by atoms with Crippen LogP contribution in [0.15, 0.2) is 0 Å². The van der Waals surface area contributed by atoms with Crippen LogP contribution in [0.4, 0.5) is 0 Å². The second kappa shape index (κ2) is 5.54. The molecule has 0 spiro atoms. The van der Waals surface area contributed by atoms with Crippen LogP contribution in [0.25, 0.3) is 0 Å². The number of carbonyl (C=O) groups is 2. The molecular formula is C13H23NO5S. The van der Waals surface area contributed by atoms with Gasteiger partial charge in [0.05, 0.1) is 7.11 Å². The lowest BCUT2D eigenvalue weighted by Gasteiger charge is -2.24. The number of hydrogen-bond donors (Lipinski definition) is 0. The number of rotatable bonds is 3. The van der Waals surface area contributed by atoms with Gasteiger partial charge in [-0.15, -0.1) is 0 Å². The summed E-state index contributed by atoms with van der Waals surface area (Å²) < 4.78 is 23.1. The van der Waals surface area contributed by atoms with E-state index in [1.54, 1.807) is 41.5 Å². The summed E-state index contributed by atoms with van der Waals surface area (Å²) in [6, 6.07) is -1.66. The van der Waals surface area contributed by atoms with Crippen LogP contribution in [0.1, 0.15) is 41.5 Å². The minimum Gasteiger partial charge on any atom is -0.597 e. The lowest BCUT2D eigenvalue weighted by molar-refractivity contribution is -0.155. The molecule has 0 aromatic heterocycles. The molecule has 0 N–H and O–H groups in total. The minimum absolute atomic E-state index is 0.550. The molecule has 1 saturated heterocycles. The normalized spacial score (nSPS) is 27.7. The summed E-state index contributed by atoms with van der Waals surface area (Å²) in [6.45, 7) is 10.6. The van der Waals surface area contributed by atoms with E-state index >= 15 is 0 Å². The minimum atomic E-state index is -1.48. The number of nitrogens with zero attached hydrogens (tertiary/aromatic N) is 1. The molecule has 0 aromatic carbocycles. The largest absolute Gasteiger partial charge is 0.597 e. The van der Waals surface area contributed by atoms with Crippen molar-refractivity contribution < 1.29 is 23.6 Å². The Morgan fingerprint density at radius 1 is 1.05 bits per heavy atom. The highest BCUT2D eigenvalue weighted by Crippen LogP contribution is 2.39. The van der Waals surface area contributed by atoms with Gasteiger partial charge in [0.25, 0.3) is 0 Å². The zero-order valence-electron chi connectivity index (χ0n) is 13.1. The molecule has 0 bridgehead atoms. The summed E-state index contributed by atoms with van der Waals surface area (Å²) in [6.07, 6.45) is 0. The summed E-state index contributed by atoms with van der Waals surface area (Å²) in [4.78, 5) is 23.8. The predicted octanol–water partition coefficient (Wildman–Crippen LogP) is 1.02. The third-order valence-electron chi connectivity index (χ3n) is 2.56. The van der Waals surface area contributed by atoms with E-state index in [0.29, 0.717) is 0 Å². The van der Waals surface area contributed by atoms with Crippen LogP contribution in [-0.4, -0.2) is 50.3 Å². The van der Waals surface area contributed by atoms with Crippen LogP contribution < -0.4 is 0 Å². The Morgan fingerprint density at radius 2 is 1.50 bits per heavy atom. The number of methoxy groups -OCH3 is 1. The van der Waals surface area contributed by atoms with E-state index in [-0.39, 0.29) is 0 Å². The Balaban J connectivity index is 2.88. The van der Waals surface area contributed by atoms with Crippen LogP contribution >= 0.6 is 0 Å². The molecule has 4 atom stereocenters. The van der Waals surface area contributed by atoms with Gasteiger partial charge in [-0.3, -0.25) is 9.59 Å². The zero-order valence-corrected chi connectivity index (χ0v) is 13.9. The van der Waals surface area contributed by atoms with Crippen LogP contribution in [0.5, 0.6) is 0 Å². The van der Waals surface area contributed by atoms with E-state index in [4.69, 9.17) is 4.74 Å². The molecule has 1 aliphatic heterocycles. The fourth-order valence-electron chi connectivity index (χ4n) is 1.68. The molecule has 0 amide bonds. The Hall–Kier alpha value is -0.790. The van der Waals surface area contributed by atoms with E-state index < -0.39 is 45.7 Å². The van der Waals surface area contributed by atoms with Gasteiger partial charge in [-0.25, -0.2) is 0 Å². The van der Waals surface area contributed by atoms with Crippen molar-refractivity contribution in [2.24, 2.45) is 0 Å². The highest BCUT2D eigenvalue weighted by molar-refractivity contribution is 7.90. The molecule has 7 heteroatoms. The molecule has 20 heavy (non-hydrogen) atoms. The maximum atomic E-state index is 12.4. The maximum Gasteiger partial charge on any atom is 0.331 e. The molecular weight excluding hydrogens is 282 g/mol. The van der Waals surface area contributed by atoms with E-state index in [1.165, 1.54) is 11.4 Å². The van der Waals surface area contributed by atoms with Crippen LogP contribution in [0.2, 0.25) is 0 Å². The van der Waals surface area contributed by atoms with Crippen molar-refractivity contribution in [1.29, 1.82) is 0 Å². The first-order valence-corrected chi connectivity index (χ1v) is 7.52. The highest BCUT2D eigenvalue weighted by Gasteiger charge is 2.68. The molecule has 1 aliphatic rings. The Morgan fingerprint density at radius 3 is 1.85 bits per heavy atom. The SMILES string of the molecule is COC(=O)[C@H]1[C@@H](C(=O)OC(C)(C)C)N1[S@@+]([O-])C(C)(C)C. The quantitative estimate of drug-likeness (QED) is 0.440. The number of esters is 2. The first kappa shape index (κ1) is 17.3. The Kier molecular flexibility index (Phi) is 4.78. The van der Waals surface area contributed by atoms with Crippen molar-refractivity contribution in [3.63, 3.8) is 0 Å². The van der Waals surface area contributed by atoms with Gasteiger partial charge >= 0.3 is 11.9 Å². The smallest absolute Gasteiger partial charge is 0.331 e. The van der Waals surface area contributed by atoms with Gasteiger partial charge in [0.2, 0.25) is 0 Å². The average molecular weight is 305 g/mol. The van der Waals surface area contributed by atoms with Gasteiger partial charge in [-0.2, -0.15) is 0 Å². The summed E-state index contributed by atoms with van der Waals surface area (Å²) in [5.41, 5.74) is -0.658. The molecule has 0 saturated carbocycles. The van der Waals surface area contributed by atoms with E-state index in [0.717, 1.165) is 0 Å². The van der Waals surface area contributed by atoms with Gasteiger partial charge in [0.1, 0.15) is 10.3 Å². The van der Waals surface area contributed by atoms with Crippen molar-refractivity contribution in [2.45, 2.75) is 64.0 Å². The fourth-order valence-corrected chi connectivity index (χ4v) is 3.08. The molecule has 1 unspecified atom stereocenters. The second-order valence-electron chi connectivity index (χ2n) is 6.67. The summed E-state index contributed by atoms with van der Waals surface area (Å²) in [7, 11) is 1.24. The number of carbonyl (C=O) groups excluding carboxylic acids is 2. The van der Waals surface area contributed by atoms with Crippen molar-refractivity contribution >= 4 is 23.3 Å². The lowest BCUT2D eigenvalue weighted by Crippen LogP contribution is -2.37. The average Bonchev–Trinajstić information content (AvgIpc) is 2.98. The second-order valence-corrected chi connectivity index (χ2v) is 8.81. The summed E-state index contributed by atoms with van der Waals surface area (Å²) in [5, 5.41) is 0. The van der Waals surface area contributed by atoms with Crippen LogP contribution in [0.3, 0.4) is 0 Å². The number of ether oxygens (including phenoxy) is 2. The third-order valence-corrected chi connectivity index (χ3v) is 4.45. The predicted molar refractivity (Wildman–Crippen MR) is 75.2 cm³/mol. The maximum absolute atomic E-state index is 12.4. The van der Waals surface area contributed by atoms with E-state index in [2.05, 4.69) is 4.74 Å². The molecule has 0 radical (unpaired) electrons. The topological polar surface area (TPSA) is 78.7 Å². The van der Waals surface area contributed by atoms with E-state index in [1.807, 2.05) is 0 Å². The van der Waals surface area contributed by atoms with E-state index in [9.17, 15) is 14.1 Å². The standard InChI is InChI=1S/C13H23NO5S/c1-12(2,3)19-11(16)9-8(10(15)18-7)14(9)20(17)13(4,5)6/h8-9H,1-7H3/t8-,9+,14?,20+/m1/s1. The van der Waals surface area contributed by atoms with Crippen molar-refractivity contribution in [1.82, 2.24) is 4.31 Å². The first-order valence-electron chi connectivity index (χ1n) is 6.41. The monoisotopic (exact) mass is 305 g/mol. The van der Waals surface area contributed by atoms with Crippen molar-refractivity contribution in [2.75, 3.05) is 7.11 Å². The van der Waals surface area contributed by atoms with Gasteiger partial charge < -0.3 is 14.0 Å². The lowest BCUT2D eigenvalue weighted by atomic mass is 10.2. The molecule has 0 aromatic rings. The molecule has 6 nitrogen and oxygen atoms in total. The first-order chi connectivity index (χ1) is 8.90. The Labute approximate surface area is 123 Å². The molecule has 116 valence electrons. The number of hydrogen-bond acceptors (Lipinski definition) is 6. The van der Waals surface area contributed by atoms with Crippen LogP contribution in [-0.2, 0) is 30.4 Å². The van der Waals surface area contributed by atoms with Gasteiger partial charge in [0.15, 0.2) is 12.1 Å². The van der Waals surface area contributed by atoms with Crippen molar-refractivity contribution in [3.8, 4) is 0 Å².